The summed E-state index contributed by atoms with van der Waals surface area (Å²) >= 11 is 3.07. The number of aryl methyl sites for hydroxylation is 3. The van der Waals surface area contributed by atoms with Gasteiger partial charge in [0.15, 0.2) is 17.2 Å². The Labute approximate surface area is 242 Å². The van der Waals surface area contributed by atoms with Crippen molar-refractivity contribution in [3.8, 4) is 16.9 Å². The molecule has 208 valence electrons. The Morgan fingerprint density at radius 1 is 1.05 bits per heavy atom. The van der Waals surface area contributed by atoms with Gasteiger partial charge in [-0.1, -0.05) is 0 Å². The molecule has 12 heteroatoms. The number of rotatable bonds is 5. The zero-order valence-corrected chi connectivity index (χ0v) is 24.3. The summed E-state index contributed by atoms with van der Waals surface area (Å²) in [6.07, 6.45) is 10.7. The van der Waals surface area contributed by atoms with Gasteiger partial charge in [-0.3, -0.25) is 14.4 Å². The number of anilines is 2. The molecule has 1 N–H and O–H groups in total. The zero-order valence-electron chi connectivity index (χ0n) is 22.6. The van der Waals surface area contributed by atoms with E-state index < -0.39 is 0 Å². The standard InChI is InChI=1S/C29H27N7O3S2/c1-34-10-8-21-24(14-34)41-29(32-21)33-22-11-16(13-35(2)27(22)38)17-7-9-30-26(20(17)15-37)36-28(39)25-19(12-31-36)18-5-3-4-6-23(18)40-25/h7,9,11-13,15H,3-6,8,10,14H2,1-2H3,(H,32,33). The Kier molecular flexibility index (Phi) is 6.40. The largest absolute Gasteiger partial charge is 0.327 e. The summed E-state index contributed by atoms with van der Waals surface area (Å²) < 4.78 is 3.33. The van der Waals surface area contributed by atoms with Crippen molar-refractivity contribution in [3.05, 3.63) is 78.0 Å². The number of carbonyl (C=O) groups is 1. The highest BCUT2D eigenvalue weighted by Crippen LogP contribution is 2.35. The summed E-state index contributed by atoms with van der Waals surface area (Å²) in [5.74, 6) is 0.163. The van der Waals surface area contributed by atoms with Gasteiger partial charge in [-0.05, 0) is 56.0 Å². The van der Waals surface area contributed by atoms with Crippen molar-refractivity contribution < 1.29 is 4.79 Å². The molecule has 0 bridgehead atoms. The fraction of sp³-hybridized carbons (Fsp3) is 0.310. The smallest absolute Gasteiger partial charge is 0.290 e. The van der Waals surface area contributed by atoms with Crippen LogP contribution in [0.3, 0.4) is 0 Å². The third-order valence-corrected chi connectivity index (χ3v) is 10.1. The van der Waals surface area contributed by atoms with Gasteiger partial charge in [0.2, 0.25) is 0 Å². The lowest BCUT2D eigenvalue weighted by molar-refractivity contribution is 0.112. The van der Waals surface area contributed by atoms with Gasteiger partial charge in [0.1, 0.15) is 10.4 Å². The number of hydrogen-bond donors (Lipinski definition) is 1. The number of pyridine rings is 2. The number of aldehydes is 1. The number of thiazole rings is 1. The summed E-state index contributed by atoms with van der Waals surface area (Å²) in [6, 6.07) is 3.43. The highest BCUT2D eigenvalue weighted by molar-refractivity contribution is 7.19. The van der Waals surface area contributed by atoms with Crippen molar-refractivity contribution in [3.63, 3.8) is 0 Å². The minimum atomic E-state index is -0.282. The minimum absolute atomic E-state index is 0.163. The van der Waals surface area contributed by atoms with Crippen LogP contribution in [0, 0.1) is 0 Å². The molecular weight excluding hydrogens is 558 g/mol. The lowest BCUT2D eigenvalue weighted by atomic mass is 9.97. The van der Waals surface area contributed by atoms with Crippen molar-refractivity contribution in [1.82, 2.24) is 29.2 Å². The van der Waals surface area contributed by atoms with Crippen LogP contribution in [0.4, 0.5) is 10.8 Å². The van der Waals surface area contributed by atoms with Gasteiger partial charge in [-0.15, -0.1) is 22.7 Å². The summed E-state index contributed by atoms with van der Waals surface area (Å²) in [4.78, 5) is 53.0. The zero-order chi connectivity index (χ0) is 28.2. The Bertz CT molecular complexity index is 1970. The van der Waals surface area contributed by atoms with E-state index in [-0.39, 0.29) is 22.5 Å². The van der Waals surface area contributed by atoms with Crippen LogP contribution in [0.1, 0.15) is 44.2 Å². The number of hydrogen-bond acceptors (Lipinski definition) is 10. The molecule has 5 aromatic heterocycles. The van der Waals surface area contributed by atoms with Crippen molar-refractivity contribution in [2.24, 2.45) is 7.05 Å². The van der Waals surface area contributed by atoms with E-state index in [9.17, 15) is 14.4 Å². The molecule has 0 saturated heterocycles. The van der Waals surface area contributed by atoms with Crippen LogP contribution in [0.5, 0.6) is 0 Å². The first-order valence-corrected chi connectivity index (χ1v) is 15.2. The number of nitrogens with zero attached hydrogens (tertiary/aromatic N) is 6. The number of aromatic nitrogens is 5. The van der Waals surface area contributed by atoms with E-state index >= 15 is 0 Å². The van der Waals surface area contributed by atoms with Gasteiger partial charge < -0.3 is 14.8 Å². The fourth-order valence-corrected chi connectivity index (χ4v) is 8.13. The molecule has 7 rings (SSSR count). The molecule has 6 heterocycles. The maximum Gasteiger partial charge on any atom is 0.290 e. The van der Waals surface area contributed by atoms with Crippen molar-refractivity contribution in [1.29, 1.82) is 0 Å². The number of likely N-dealkylation sites (N-methyl/N-ethyl adjacent to an activating group) is 1. The van der Waals surface area contributed by atoms with Gasteiger partial charge >= 0.3 is 0 Å². The summed E-state index contributed by atoms with van der Waals surface area (Å²) in [7, 11) is 3.75. The second-order valence-corrected chi connectivity index (χ2v) is 12.8. The van der Waals surface area contributed by atoms with Gasteiger partial charge in [0.25, 0.3) is 11.1 Å². The molecule has 1 aliphatic carbocycles. The molecule has 0 amide bonds. The first kappa shape index (κ1) is 25.9. The van der Waals surface area contributed by atoms with Crippen molar-refractivity contribution in [2.45, 2.75) is 38.6 Å². The Balaban J connectivity index is 1.31. The van der Waals surface area contributed by atoms with Crippen LogP contribution in [-0.4, -0.2) is 49.1 Å². The summed E-state index contributed by atoms with van der Waals surface area (Å²) in [5.41, 5.74) is 3.53. The van der Waals surface area contributed by atoms with Crippen LogP contribution in [0.15, 0.2) is 40.3 Å². The topological polar surface area (TPSA) is 115 Å². The van der Waals surface area contributed by atoms with E-state index in [0.29, 0.717) is 32.9 Å². The van der Waals surface area contributed by atoms with E-state index in [4.69, 9.17) is 4.98 Å². The Morgan fingerprint density at radius 3 is 2.76 bits per heavy atom. The lowest BCUT2D eigenvalue weighted by Gasteiger charge is -2.20. The molecule has 0 aromatic carbocycles. The van der Waals surface area contributed by atoms with Crippen LogP contribution >= 0.6 is 22.7 Å². The average molecular weight is 586 g/mol. The molecule has 5 aromatic rings. The molecule has 0 saturated carbocycles. The molecule has 0 radical (unpaired) electrons. The molecule has 1 aliphatic heterocycles. The molecule has 10 nitrogen and oxygen atoms in total. The number of carbonyl (C=O) groups excluding carboxylic acids is 1. The quantitative estimate of drug-likeness (QED) is 0.307. The second-order valence-electron chi connectivity index (χ2n) is 10.6. The molecule has 0 unspecified atom stereocenters. The summed E-state index contributed by atoms with van der Waals surface area (Å²) in [6.45, 7) is 1.79. The molecular formula is C29H27N7O3S2. The molecule has 0 atom stereocenters. The van der Waals surface area contributed by atoms with E-state index in [1.807, 2.05) is 0 Å². The second kappa shape index (κ2) is 10.1. The molecule has 0 spiro atoms. The van der Waals surface area contributed by atoms with Gasteiger partial charge in [0, 0.05) is 59.7 Å². The van der Waals surface area contributed by atoms with Crippen LogP contribution in [-0.2, 0) is 32.9 Å². The van der Waals surface area contributed by atoms with Crippen molar-refractivity contribution in [2.75, 3.05) is 18.9 Å². The highest BCUT2D eigenvalue weighted by Gasteiger charge is 2.23. The first-order chi connectivity index (χ1) is 19.9. The lowest BCUT2D eigenvalue weighted by Crippen LogP contribution is -2.25. The van der Waals surface area contributed by atoms with E-state index in [0.717, 1.165) is 56.3 Å². The van der Waals surface area contributed by atoms with Gasteiger partial charge in [0.05, 0.1) is 17.5 Å². The molecule has 0 fully saturated rings. The monoisotopic (exact) mass is 585 g/mol. The van der Waals surface area contributed by atoms with E-state index in [2.05, 4.69) is 27.3 Å². The van der Waals surface area contributed by atoms with Crippen LogP contribution < -0.4 is 16.4 Å². The number of fused-ring (bicyclic) bond motifs is 4. The maximum absolute atomic E-state index is 13.6. The Hall–Kier alpha value is -4.00. The maximum atomic E-state index is 13.6. The van der Waals surface area contributed by atoms with E-state index in [1.54, 1.807) is 49.1 Å². The first-order valence-electron chi connectivity index (χ1n) is 13.5. The van der Waals surface area contributed by atoms with Crippen molar-refractivity contribution >= 4 is 49.9 Å². The number of thiophene rings is 1. The fourth-order valence-electron chi connectivity index (χ4n) is 5.74. The normalized spacial score (nSPS) is 15.1. The van der Waals surface area contributed by atoms with Crippen LogP contribution in [0.2, 0.25) is 0 Å². The SMILES string of the molecule is CN1CCc2nc(Nc3cc(-c4ccnc(-n5ncc6c7c(sc6c5=O)CCCC7)c4C=O)cn(C)c3=O)sc2C1. The third-order valence-electron chi connectivity index (χ3n) is 7.85. The average Bonchev–Trinajstić information content (AvgIpc) is 3.56. The van der Waals surface area contributed by atoms with Gasteiger partial charge in [-0.25, -0.2) is 9.97 Å². The predicted molar refractivity (Wildman–Crippen MR) is 161 cm³/mol. The minimum Gasteiger partial charge on any atom is -0.327 e. The van der Waals surface area contributed by atoms with Crippen LogP contribution in [0.25, 0.3) is 27.0 Å². The Morgan fingerprint density at radius 2 is 1.90 bits per heavy atom. The number of nitrogens with one attached hydrogen (secondary N) is 1. The van der Waals surface area contributed by atoms with E-state index in [1.165, 1.54) is 35.9 Å². The molecule has 2 aliphatic rings. The predicted octanol–water partition coefficient (Wildman–Crippen LogP) is 4.09. The molecule has 41 heavy (non-hydrogen) atoms. The third kappa shape index (κ3) is 4.42. The summed E-state index contributed by atoms with van der Waals surface area (Å²) in [5, 5.41) is 9.23. The highest BCUT2D eigenvalue weighted by atomic mass is 32.1. The van der Waals surface area contributed by atoms with Gasteiger partial charge in [-0.2, -0.15) is 9.78 Å².